The number of nitrogens with zero attached hydrogens (tertiary/aromatic N) is 4. The van der Waals surface area contributed by atoms with Crippen LogP contribution in [0.15, 0.2) is 164 Å². The van der Waals surface area contributed by atoms with E-state index in [0.717, 1.165) is 67.0 Å². The van der Waals surface area contributed by atoms with Crippen LogP contribution in [0.3, 0.4) is 0 Å². The summed E-state index contributed by atoms with van der Waals surface area (Å²) in [6.07, 6.45) is 9.47. The molecule has 0 saturated heterocycles. The molecular weight excluding hydrogens is 609 g/mol. The van der Waals surface area contributed by atoms with Gasteiger partial charge in [0.25, 0.3) is 0 Å². The third kappa shape index (κ3) is 4.76. The molecule has 0 saturated carbocycles. The molecule has 4 heteroatoms. The Morgan fingerprint density at radius 1 is 0.480 bits per heavy atom. The lowest BCUT2D eigenvalue weighted by Gasteiger charge is -2.18. The van der Waals surface area contributed by atoms with E-state index >= 15 is 0 Å². The van der Waals surface area contributed by atoms with E-state index in [1.165, 1.54) is 21.5 Å². The summed E-state index contributed by atoms with van der Waals surface area (Å²) in [5.41, 5.74) is 5.29. The molecule has 50 heavy (non-hydrogen) atoms. The van der Waals surface area contributed by atoms with Crippen molar-refractivity contribution in [3.8, 4) is 22.8 Å². The van der Waals surface area contributed by atoms with Crippen LogP contribution in [-0.2, 0) is 0 Å². The standard InChI is InChI=1S/C46H30N4/c1-4-14-35-31(11-1)26-41(39-18-8-6-16-37(35)39)45-48-44(30-23-21-29(22-24-30)34-25-33-13-3-10-20-43(33)47-28-34)49-46(50-45)42-27-32-12-2-5-15-36(32)38-17-7-9-19-40(38)42/h1-23,25-28,30H,24H2. The van der Waals surface area contributed by atoms with Crippen LogP contribution in [0.2, 0.25) is 0 Å². The maximum absolute atomic E-state index is 5.30. The molecule has 4 nitrogen and oxygen atoms in total. The molecule has 1 atom stereocenters. The highest BCUT2D eigenvalue weighted by atomic mass is 15.0. The number of pyridine rings is 1. The predicted octanol–water partition coefficient (Wildman–Crippen LogP) is 11.5. The molecule has 0 bridgehead atoms. The minimum absolute atomic E-state index is 0.00823. The molecule has 9 aromatic rings. The van der Waals surface area contributed by atoms with Crippen LogP contribution in [0, 0.1) is 0 Å². The van der Waals surface area contributed by atoms with E-state index in [1.54, 1.807) is 0 Å². The minimum Gasteiger partial charge on any atom is -0.256 e. The summed E-state index contributed by atoms with van der Waals surface area (Å²) >= 11 is 0. The lowest BCUT2D eigenvalue weighted by atomic mass is 9.92. The van der Waals surface area contributed by atoms with Crippen molar-refractivity contribution in [1.82, 2.24) is 19.9 Å². The maximum atomic E-state index is 5.30. The molecule has 0 radical (unpaired) electrons. The van der Waals surface area contributed by atoms with Crippen LogP contribution in [-0.4, -0.2) is 19.9 Å². The van der Waals surface area contributed by atoms with Gasteiger partial charge in [0.05, 0.1) is 5.52 Å². The van der Waals surface area contributed by atoms with Crippen LogP contribution in [0.25, 0.3) is 82.3 Å². The first-order chi connectivity index (χ1) is 24.8. The average Bonchev–Trinajstić information content (AvgIpc) is 3.20. The van der Waals surface area contributed by atoms with Gasteiger partial charge in [0.1, 0.15) is 5.82 Å². The van der Waals surface area contributed by atoms with Gasteiger partial charge in [-0.05, 0) is 79.3 Å². The van der Waals surface area contributed by atoms with Crippen LogP contribution in [0.1, 0.15) is 23.7 Å². The van der Waals surface area contributed by atoms with Gasteiger partial charge in [-0.15, -0.1) is 0 Å². The Hall–Kier alpha value is -6.52. The zero-order chi connectivity index (χ0) is 33.0. The Bertz CT molecular complexity index is 2730. The minimum atomic E-state index is -0.00823. The smallest absolute Gasteiger partial charge is 0.164 e. The highest BCUT2D eigenvalue weighted by molar-refractivity contribution is 6.14. The van der Waals surface area contributed by atoms with E-state index in [-0.39, 0.29) is 5.92 Å². The lowest BCUT2D eigenvalue weighted by Crippen LogP contribution is -2.09. The van der Waals surface area contributed by atoms with E-state index in [2.05, 4.69) is 146 Å². The zero-order valence-electron chi connectivity index (χ0n) is 27.2. The third-order valence-corrected chi connectivity index (χ3v) is 10.0. The number of rotatable bonds is 4. The molecule has 10 rings (SSSR count). The van der Waals surface area contributed by atoms with Gasteiger partial charge in [-0.25, -0.2) is 15.0 Å². The lowest BCUT2D eigenvalue weighted by molar-refractivity contribution is 0.766. The van der Waals surface area contributed by atoms with Crippen molar-refractivity contribution in [1.29, 1.82) is 0 Å². The summed E-state index contributed by atoms with van der Waals surface area (Å²) in [6, 6.07) is 49.2. The highest BCUT2D eigenvalue weighted by Crippen LogP contribution is 2.38. The SMILES string of the molecule is C1=CC(c2nc(-c3cc4ccccc4c4ccccc34)nc(-c3cc4ccccc4c4ccccc34)n2)CC=C1c1cnc2ccccc2c1. The molecule has 7 aromatic carbocycles. The Morgan fingerprint density at radius 2 is 1.00 bits per heavy atom. The van der Waals surface area contributed by atoms with E-state index in [4.69, 9.17) is 19.9 Å². The fraction of sp³-hybridized carbons (Fsp3) is 0.0435. The molecule has 1 aliphatic rings. The molecule has 0 fully saturated rings. The Balaban J connectivity index is 1.16. The first-order valence-electron chi connectivity index (χ1n) is 17.1. The quantitative estimate of drug-likeness (QED) is 0.180. The van der Waals surface area contributed by atoms with Crippen LogP contribution < -0.4 is 0 Å². The number of fused-ring (bicyclic) bond motifs is 7. The van der Waals surface area contributed by atoms with Crippen molar-refractivity contribution in [2.45, 2.75) is 12.3 Å². The summed E-state index contributed by atoms with van der Waals surface area (Å²) in [5.74, 6) is 2.13. The summed E-state index contributed by atoms with van der Waals surface area (Å²) in [7, 11) is 0. The largest absolute Gasteiger partial charge is 0.256 e. The van der Waals surface area contributed by atoms with E-state index in [1.807, 2.05) is 18.3 Å². The fourth-order valence-corrected chi connectivity index (χ4v) is 7.53. The van der Waals surface area contributed by atoms with Crippen molar-refractivity contribution in [2.75, 3.05) is 0 Å². The topological polar surface area (TPSA) is 51.6 Å². The van der Waals surface area contributed by atoms with Gasteiger partial charge in [-0.1, -0.05) is 133 Å². The second-order valence-electron chi connectivity index (χ2n) is 13.0. The molecule has 1 aliphatic carbocycles. The second kappa shape index (κ2) is 11.6. The predicted molar refractivity (Wildman–Crippen MR) is 207 cm³/mol. The summed E-state index contributed by atoms with van der Waals surface area (Å²) in [5, 5.41) is 10.5. The first kappa shape index (κ1) is 28.5. The van der Waals surface area contributed by atoms with Gasteiger partial charge in [0.2, 0.25) is 0 Å². The number of aromatic nitrogens is 4. The molecule has 2 heterocycles. The molecule has 0 amide bonds. The Kier molecular flexibility index (Phi) is 6.59. The van der Waals surface area contributed by atoms with E-state index in [0.29, 0.717) is 11.6 Å². The number of para-hydroxylation sites is 1. The average molecular weight is 639 g/mol. The molecule has 234 valence electrons. The molecule has 0 aliphatic heterocycles. The van der Waals surface area contributed by atoms with Crippen molar-refractivity contribution in [3.63, 3.8) is 0 Å². The van der Waals surface area contributed by atoms with Crippen molar-refractivity contribution < 1.29 is 0 Å². The van der Waals surface area contributed by atoms with Crippen LogP contribution in [0.5, 0.6) is 0 Å². The molecule has 1 unspecified atom stereocenters. The molecule has 0 spiro atoms. The van der Waals surface area contributed by atoms with Crippen molar-refractivity contribution >= 4 is 59.6 Å². The van der Waals surface area contributed by atoms with E-state index in [9.17, 15) is 0 Å². The second-order valence-corrected chi connectivity index (χ2v) is 13.0. The maximum Gasteiger partial charge on any atom is 0.164 e. The van der Waals surface area contributed by atoms with Gasteiger partial charge in [-0.3, -0.25) is 4.98 Å². The first-order valence-corrected chi connectivity index (χ1v) is 17.1. The summed E-state index contributed by atoms with van der Waals surface area (Å²) in [6.45, 7) is 0. The number of allylic oxidation sites excluding steroid dienone is 4. The third-order valence-electron chi connectivity index (χ3n) is 10.0. The monoisotopic (exact) mass is 638 g/mol. The van der Waals surface area contributed by atoms with Gasteiger partial charge < -0.3 is 0 Å². The Labute approximate surface area is 289 Å². The van der Waals surface area contributed by atoms with Crippen LogP contribution >= 0.6 is 0 Å². The van der Waals surface area contributed by atoms with Gasteiger partial charge in [0.15, 0.2) is 11.6 Å². The number of hydrogen-bond acceptors (Lipinski definition) is 4. The van der Waals surface area contributed by atoms with Gasteiger partial charge in [-0.2, -0.15) is 0 Å². The molecule has 2 aromatic heterocycles. The highest BCUT2D eigenvalue weighted by Gasteiger charge is 2.22. The fourth-order valence-electron chi connectivity index (χ4n) is 7.53. The summed E-state index contributed by atoms with van der Waals surface area (Å²) in [4.78, 5) is 20.6. The van der Waals surface area contributed by atoms with E-state index < -0.39 is 0 Å². The van der Waals surface area contributed by atoms with Crippen LogP contribution in [0.4, 0.5) is 0 Å². The normalized spacial score (nSPS) is 14.6. The number of benzene rings is 7. The van der Waals surface area contributed by atoms with Gasteiger partial charge in [0, 0.05) is 34.2 Å². The van der Waals surface area contributed by atoms with Gasteiger partial charge >= 0.3 is 0 Å². The van der Waals surface area contributed by atoms with Crippen molar-refractivity contribution in [3.05, 3.63) is 175 Å². The Morgan fingerprint density at radius 3 is 1.58 bits per heavy atom. The number of hydrogen-bond donors (Lipinski definition) is 0. The summed E-state index contributed by atoms with van der Waals surface area (Å²) < 4.78 is 0. The molecule has 0 N–H and O–H groups in total. The van der Waals surface area contributed by atoms with Crippen molar-refractivity contribution in [2.24, 2.45) is 0 Å². The zero-order valence-corrected chi connectivity index (χ0v) is 27.2. The molecular formula is C46H30N4.